The third kappa shape index (κ3) is 1.52. The van der Waals surface area contributed by atoms with Crippen LogP contribution < -0.4 is 0 Å². The highest BCUT2D eigenvalue weighted by molar-refractivity contribution is 4.88. The molecule has 0 aromatic rings. The molecular weight excluding hydrogens is 152 g/mol. The number of ether oxygens (including phenoxy) is 1. The molecule has 0 saturated carbocycles. The standard InChI is InChI=1S/C6H12O5/c1-2(7)5-3(8)4(9)6(10)11-5/h2-10H,1H3/t2-,3-,4+,5-,6-/m1/s1. The number of rotatable bonds is 1. The monoisotopic (exact) mass is 164 g/mol. The fourth-order valence-electron chi connectivity index (χ4n) is 1.08. The summed E-state index contributed by atoms with van der Waals surface area (Å²) in [5, 5.41) is 35.8. The first-order valence-electron chi connectivity index (χ1n) is 3.41. The van der Waals surface area contributed by atoms with E-state index in [0.29, 0.717) is 0 Å². The molecule has 1 rings (SSSR count). The number of hydrogen-bond acceptors (Lipinski definition) is 5. The Hall–Kier alpha value is -0.200. The minimum atomic E-state index is -1.40. The van der Waals surface area contributed by atoms with Crippen molar-refractivity contribution in [1.29, 1.82) is 0 Å². The van der Waals surface area contributed by atoms with E-state index in [4.69, 9.17) is 20.4 Å². The van der Waals surface area contributed by atoms with Crippen molar-refractivity contribution < 1.29 is 25.2 Å². The third-order valence-electron chi connectivity index (χ3n) is 1.75. The molecule has 5 nitrogen and oxygen atoms in total. The summed E-state index contributed by atoms with van der Waals surface area (Å²) in [6.45, 7) is 1.42. The Bertz CT molecular complexity index is 137. The molecule has 5 heteroatoms. The molecule has 0 aliphatic carbocycles. The van der Waals surface area contributed by atoms with E-state index in [2.05, 4.69) is 4.74 Å². The van der Waals surface area contributed by atoms with Crippen molar-refractivity contribution >= 4 is 0 Å². The Kier molecular flexibility index (Phi) is 2.46. The zero-order chi connectivity index (χ0) is 8.59. The van der Waals surface area contributed by atoms with Crippen LogP contribution in [-0.4, -0.2) is 51.1 Å². The first-order chi connectivity index (χ1) is 5.04. The van der Waals surface area contributed by atoms with E-state index in [-0.39, 0.29) is 0 Å². The van der Waals surface area contributed by atoms with E-state index in [9.17, 15) is 0 Å². The van der Waals surface area contributed by atoms with Gasteiger partial charge in [-0.25, -0.2) is 0 Å². The van der Waals surface area contributed by atoms with Gasteiger partial charge in [-0.3, -0.25) is 0 Å². The topological polar surface area (TPSA) is 90.2 Å². The van der Waals surface area contributed by atoms with Crippen LogP contribution in [0, 0.1) is 0 Å². The molecular formula is C6H12O5. The van der Waals surface area contributed by atoms with Crippen molar-refractivity contribution in [1.82, 2.24) is 0 Å². The minimum absolute atomic E-state index is 0.903. The Balaban J connectivity index is 2.59. The maximum absolute atomic E-state index is 9.10. The Morgan fingerprint density at radius 3 is 1.91 bits per heavy atom. The van der Waals surface area contributed by atoms with Gasteiger partial charge in [0.25, 0.3) is 0 Å². The molecule has 1 aliphatic rings. The zero-order valence-corrected chi connectivity index (χ0v) is 6.08. The fourth-order valence-corrected chi connectivity index (χ4v) is 1.08. The van der Waals surface area contributed by atoms with Gasteiger partial charge in [-0.2, -0.15) is 0 Å². The molecule has 66 valence electrons. The summed E-state index contributed by atoms with van der Waals surface area (Å²) in [6, 6.07) is 0. The van der Waals surface area contributed by atoms with Gasteiger partial charge < -0.3 is 25.2 Å². The van der Waals surface area contributed by atoms with E-state index in [1.807, 2.05) is 0 Å². The largest absolute Gasteiger partial charge is 0.391 e. The summed E-state index contributed by atoms with van der Waals surface area (Å²) in [4.78, 5) is 0. The van der Waals surface area contributed by atoms with Gasteiger partial charge in [-0.15, -0.1) is 0 Å². The molecule has 0 amide bonds. The van der Waals surface area contributed by atoms with Crippen LogP contribution in [0.1, 0.15) is 6.92 Å². The smallest absolute Gasteiger partial charge is 0.184 e. The fraction of sp³-hybridized carbons (Fsp3) is 1.00. The van der Waals surface area contributed by atoms with Gasteiger partial charge in [0.2, 0.25) is 0 Å². The van der Waals surface area contributed by atoms with Crippen molar-refractivity contribution in [3.05, 3.63) is 0 Å². The molecule has 11 heavy (non-hydrogen) atoms. The molecule has 1 saturated heterocycles. The van der Waals surface area contributed by atoms with Gasteiger partial charge >= 0.3 is 0 Å². The van der Waals surface area contributed by atoms with E-state index >= 15 is 0 Å². The quantitative estimate of drug-likeness (QED) is 0.353. The molecule has 0 aromatic heterocycles. The molecule has 0 aromatic carbocycles. The first-order valence-corrected chi connectivity index (χ1v) is 3.41. The van der Waals surface area contributed by atoms with Gasteiger partial charge in [-0.1, -0.05) is 0 Å². The lowest BCUT2D eigenvalue weighted by Crippen LogP contribution is -2.37. The lowest BCUT2D eigenvalue weighted by atomic mass is 10.1. The molecule has 5 atom stereocenters. The second-order valence-corrected chi connectivity index (χ2v) is 2.71. The molecule has 0 bridgehead atoms. The number of aliphatic hydroxyl groups excluding tert-OH is 4. The van der Waals surface area contributed by atoms with Crippen molar-refractivity contribution in [2.45, 2.75) is 37.6 Å². The molecule has 1 heterocycles. The van der Waals surface area contributed by atoms with Gasteiger partial charge in [0.05, 0.1) is 6.10 Å². The third-order valence-corrected chi connectivity index (χ3v) is 1.75. The van der Waals surface area contributed by atoms with Crippen LogP contribution in [0.3, 0.4) is 0 Å². The maximum atomic E-state index is 9.10. The highest BCUT2D eigenvalue weighted by Crippen LogP contribution is 2.21. The van der Waals surface area contributed by atoms with Crippen LogP contribution in [0.4, 0.5) is 0 Å². The predicted molar refractivity (Wildman–Crippen MR) is 34.6 cm³/mol. The lowest BCUT2D eigenvalue weighted by Gasteiger charge is -2.16. The SMILES string of the molecule is C[C@@H](O)[C@H]1O[C@@H](O)[C@@H](O)[C@H]1O. The van der Waals surface area contributed by atoms with Crippen molar-refractivity contribution in [2.75, 3.05) is 0 Å². The van der Waals surface area contributed by atoms with E-state index < -0.39 is 30.7 Å². The predicted octanol–water partition coefficient (Wildman–Crippen LogP) is -2.19. The Morgan fingerprint density at radius 1 is 1.18 bits per heavy atom. The molecule has 1 aliphatic heterocycles. The van der Waals surface area contributed by atoms with Gasteiger partial charge in [-0.05, 0) is 6.92 Å². The summed E-state index contributed by atoms with van der Waals surface area (Å²) in [6.07, 6.45) is -5.75. The van der Waals surface area contributed by atoms with E-state index in [1.54, 1.807) is 0 Å². The highest BCUT2D eigenvalue weighted by Gasteiger charge is 2.43. The molecule has 0 spiro atoms. The van der Waals surface area contributed by atoms with Crippen molar-refractivity contribution in [3.8, 4) is 0 Å². The first kappa shape index (κ1) is 8.89. The second-order valence-electron chi connectivity index (χ2n) is 2.71. The summed E-state index contributed by atoms with van der Waals surface area (Å²) in [7, 11) is 0. The summed E-state index contributed by atoms with van der Waals surface area (Å²) >= 11 is 0. The van der Waals surface area contributed by atoms with E-state index in [0.717, 1.165) is 0 Å². The minimum Gasteiger partial charge on any atom is -0.391 e. The molecule has 0 unspecified atom stereocenters. The van der Waals surface area contributed by atoms with Gasteiger partial charge in [0.15, 0.2) is 6.29 Å². The van der Waals surface area contributed by atoms with Crippen LogP contribution in [-0.2, 0) is 4.74 Å². The summed E-state index contributed by atoms with van der Waals surface area (Å²) in [5.41, 5.74) is 0. The second kappa shape index (κ2) is 3.04. The van der Waals surface area contributed by atoms with Gasteiger partial charge in [0.1, 0.15) is 18.3 Å². The number of aliphatic hydroxyl groups is 4. The maximum Gasteiger partial charge on any atom is 0.184 e. The van der Waals surface area contributed by atoms with Crippen LogP contribution in [0.15, 0.2) is 0 Å². The van der Waals surface area contributed by atoms with E-state index in [1.165, 1.54) is 6.92 Å². The zero-order valence-electron chi connectivity index (χ0n) is 6.08. The molecule has 1 fully saturated rings. The number of hydrogen-bond donors (Lipinski definition) is 4. The van der Waals surface area contributed by atoms with Crippen LogP contribution in [0.2, 0.25) is 0 Å². The lowest BCUT2D eigenvalue weighted by molar-refractivity contribution is -0.143. The van der Waals surface area contributed by atoms with Crippen LogP contribution >= 0.6 is 0 Å². The van der Waals surface area contributed by atoms with Crippen LogP contribution in [0.5, 0.6) is 0 Å². The Labute approximate surface area is 63.8 Å². The Morgan fingerprint density at radius 2 is 1.73 bits per heavy atom. The van der Waals surface area contributed by atoms with Gasteiger partial charge in [0, 0.05) is 0 Å². The molecule has 4 N–H and O–H groups in total. The summed E-state index contributed by atoms with van der Waals surface area (Å²) < 4.78 is 4.65. The average molecular weight is 164 g/mol. The molecule has 0 radical (unpaired) electrons. The van der Waals surface area contributed by atoms with Crippen molar-refractivity contribution in [2.24, 2.45) is 0 Å². The normalized spacial score (nSPS) is 47.7. The van der Waals surface area contributed by atoms with Crippen LogP contribution in [0.25, 0.3) is 0 Å². The van der Waals surface area contributed by atoms with Crippen molar-refractivity contribution in [3.63, 3.8) is 0 Å². The highest BCUT2D eigenvalue weighted by atomic mass is 16.6. The average Bonchev–Trinajstić information content (AvgIpc) is 2.17. The summed E-state index contributed by atoms with van der Waals surface area (Å²) in [5.74, 6) is 0.